The lowest BCUT2D eigenvalue weighted by Crippen LogP contribution is -2.30. The molecule has 5 heteroatoms. The Hall–Kier alpha value is -2.01. The first-order valence-electron chi connectivity index (χ1n) is 9.05. The number of esters is 1. The summed E-state index contributed by atoms with van der Waals surface area (Å²) in [6.45, 7) is 4.26. The first kappa shape index (κ1) is 17.4. The molecule has 1 aromatic carbocycles. The molecule has 2 aliphatic rings. The van der Waals surface area contributed by atoms with Crippen LogP contribution in [0.1, 0.15) is 52.6 Å². The van der Waals surface area contributed by atoms with Gasteiger partial charge in [-0.15, -0.1) is 11.8 Å². The second kappa shape index (κ2) is 6.62. The van der Waals surface area contributed by atoms with Crippen LogP contribution in [0, 0.1) is 13.8 Å². The van der Waals surface area contributed by atoms with Gasteiger partial charge >= 0.3 is 5.97 Å². The molecule has 1 atom stereocenters. The number of ether oxygens (including phenoxy) is 1. The fourth-order valence-electron chi connectivity index (χ4n) is 3.81. The van der Waals surface area contributed by atoms with Crippen LogP contribution in [-0.2, 0) is 16.0 Å². The number of hydrogen-bond acceptors (Lipinski definition) is 4. The molecule has 1 unspecified atom stereocenters. The number of benzene rings is 1. The number of carbonyl (C=O) groups excluding carboxylic acids is 1. The Morgan fingerprint density at radius 1 is 1.27 bits per heavy atom. The zero-order valence-electron chi connectivity index (χ0n) is 15.4. The predicted molar refractivity (Wildman–Crippen MR) is 103 cm³/mol. The molecule has 136 valence electrons. The van der Waals surface area contributed by atoms with Crippen LogP contribution in [0.25, 0.3) is 0 Å². The zero-order valence-corrected chi connectivity index (χ0v) is 16.2. The Morgan fingerprint density at radius 2 is 2.04 bits per heavy atom. The summed E-state index contributed by atoms with van der Waals surface area (Å²) in [4.78, 5) is 24.9. The Labute approximate surface area is 157 Å². The summed E-state index contributed by atoms with van der Waals surface area (Å²) in [6.07, 6.45) is 3.09. The van der Waals surface area contributed by atoms with Gasteiger partial charge in [-0.1, -0.05) is 18.2 Å². The molecule has 26 heavy (non-hydrogen) atoms. The van der Waals surface area contributed by atoms with E-state index < -0.39 is 6.04 Å². The standard InChI is InChI=1S/C21H23NO3S/c1-12-5-4-6-15(13(12)2)9-16-10-18(23)22-17(21(24)25-3)11-26-20(22)19(16)14-7-8-14/h4-6,10,14,17H,7-9,11H2,1-3H3. The average Bonchev–Trinajstić information content (AvgIpc) is 3.35. The van der Waals surface area contributed by atoms with Gasteiger partial charge in [0.2, 0.25) is 0 Å². The van der Waals surface area contributed by atoms with E-state index in [1.807, 2.05) is 0 Å². The van der Waals surface area contributed by atoms with E-state index in [0.29, 0.717) is 11.7 Å². The maximum atomic E-state index is 12.8. The number of carbonyl (C=O) groups is 1. The normalized spacial score (nSPS) is 18.7. The zero-order chi connectivity index (χ0) is 18.4. The second-order valence-electron chi connectivity index (χ2n) is 7.26. The molecule has 0 spiro atoms. The molecule has 4 rings (SSSR count). The van der Waals surface area contributed by atoms with E-state index in [-0.39, 0.29) is 11.5 Å². The minimum Gasteiger partial charge on any atom is -0.467 e. The van der Waals surface area contributed by atoms with Crippen LogP contribution in [0.2, 0.25) is 0 Å². The Kier molecular flexibility index (Phi) is 4.43. The summed E-state index contributed by atoms with van der Waals surface area (Å²) < 4.78 is 6.57. The first-order valence-corrected chi connectivity index (χ1v) is 10.0. The molecule has 1 saturated carbocycles. The summed E-state index contributed by atoms with van der Waals surface area (Å²) in [5.74, 6) is 0.761. The van der Waals surface area contributed by atoms with E-state index in [0.717, 1.165) is 29.9 Å². The van der Waals surface area contributed by atoms with E-state index in [1.54, 1.807) is 22.4 Å². The summed E-state index contributed by atoms with van der Waals surface area (Å²) in [7, 11) is 1.38. The lowest BCUT2D eigenvalue weighted by molar-refractivity contribution is -0.143. The smallest absolute Gasteiger partial charge is 0.329 e. The molecule has 1 aliphatic heterocycles. The van der Waals surface area contributed by atoms with Gasteiger partial charge in [0, 0.05) is 11.8 Å². The van der Waals surface area contributed by atoms with Crippen molar-refractivity contribution in [3.63, 3.8) is 0 Å². The lowest BCUT2D eigenvalue weighted by atomic mass is 9.94. The van der Waals surface area contributed by atoms with Gasteiger partial charge in [-0.3, -0.25) is 9.36 Å². The Balaban J connectivity index is 1.82. The van der Waals surface area contributed by atoms with Crippen molar-refractivity contribution < 1.29 is 9.53 Å². The molecule has 1 fully saturated rings. The minimum absolute atomic E-state index is 0.0925. The van der Waals surface area contributed by atoms with E-state index in [9.17, 15) is 9.59 Å². The molecule has 0 N–H and O–H groups in total. The van der Waals surface area contributed by atoms with E-state index >= 15 is 0 Å². The third kappa shape index (κ3) is 2.88. The number of pyridine rings is 1. The van der Waals surface area contributed by atoms with Gasteiger partial charge in [-0.05, 0) is 66.8 Å². The largest absolute Gasteiger partial charge is 0.467 e. The van der Waals surface area contributed by atoms with Gasteiger partial charge in [0.15, 0.2) is 0 Å². The highest BCUT2D eigenvalue weighted by molar-refractivity contribution is 7.99. The summed E-state index contributed by atoms with van der Waals surface area (Å²) in [5, 5.41) is 0.982. The van der Waals surface area contributed by atoms with E-state index in [2.05, 4.69) is 32.0 Å². The van der Waals surface area contributed by atoms with Crippen molar-refractivity contribution in [1.82, 2.24) is 4.57 Å². The molecule has 4 nitrogen and oxygen atoms in total. The molecule has 0 bridgehead atoms. The Bertz CT molecular complexity index is 943. The van der Waals surface area contributed by atoms with Crippen molar-refractivity contribution in [1.29, 1.82) is 0 Å². The quantitative estimate of drug-likeness (QED) is 0.770. The fourth-order valence-corrected chi connectivity index (χ4v) is 5.22. The summed E-state index contributed by atoms with van der Waals surface area (Å²) in [5.41, 5.74) is 6.13. The topological polar surface area (TPSA) is 48.3 Å². The van der Waals surface area contributed by atoms with Crippen LogP contribution in [0.3, 0.4) is 0 Å². The van der Waals surface area contributed by atoms with E-state index in [1.165, 1.54) is 29.4 Å². The Morgan fingerprint density at radius 3 is 2.73 bits per heavy atom. The third-order valence-electron chi connectivity index (χ3n) is 5.58. The second-order valence-corrected chi connectivity index (χ2v) is 8.27. The van der Waals surface area contributed by atoms with Gasteiger partial charge < -0.3 is 4.74 Å². The number of methoxy groups -OCH3 is 1. The van der Waals surface area contributed by atoms with Crippen molar-refractivity contribution in [2.24, 2.45) is 0 Å². The number of aryl methyl sites for hydroxylation is 1. The van der Waals surface area contributed by atoms with Crippen LogP contribution < -0.4 is 5.56 Å². The van der Waals surface area contributed by atoms with Crippen LogP contribution in [-0.4, -0.2) is 23.4 Å². The first-order chi connectivity index (χ1) is 12.5. The van der Waals surface area contributed by atoms with Gasteiger partial charge in [0.25, 0.3) is 5.56 Å². The van der Waals surface area contributed by atoms with Crippen LogP contribution in [0.5, 0.6) is 0 Å². The van der Waals surface area contributed by atoms with Crippen LogP contribution in [0.15, 0.2) is 34.1 Å². The third-order valence-corrected chi connectivity index (χ3v) is 6.75. The van der Waals surface area contributed by atoms with Crippen LogP contribution in [0.4, 0.5) is 0 Å². The summed E-state index contributed by atoms with van der Waals surface area (Å²) in [6, 6.07) is 7.60. The number of hydrogen-bond donors (Lipinski definition) is 0. The number of aromatic nitrogens is 1. The highest BCUT2D eigenvalue weighted by Crippen LogP contribution is 2.48. The average molecular weight is 369 g/mol. The van der Waals surface area contributed by atoms with Crippen LogP contribution >= 0.6 is 11.8 Å². The fraction of sp³-hybridized carbons (Fsp3) is 0.429. The van der Waals surface area contributed by atoms with E-state index in [4.69, 9.17) is 4.74 Å². The molecule has 2 heterocycles. The van der Waals surface area contributed by atoms with Gasteiger partial charge in [0.05, 0.1) is 12.1 Å². The lowest BCUT2D eigenvalue weighted by Gasteiger charge is -2.18. The molecule has 0 amide bonds. The SMILES string of the molecule is COC(=O)C1CSc2c(C3CC3)c(Cc3cccc(C)c3C)cc(=O)n21. The van der Waals surface area contributed by atoms with Crippen molar-refractivity contribution in [2.45, 2.75) is 50.1 Å². The van der Waals surface area contributed by atoms with Gasteiger partial charge in [0.1, 0.15) is 6.04 Å². The number of rotatable bonds is 4. The monoisotopic (exact) mass is 369 g/mol. The molecule has 0 radical (unpaired) electrons. The van der Waals surface area contributed by atoms with Gasteiger partial charge in [-0.25, -0.2) is 4.79 Å². The number of thioether (sulfide) groups is 1. The van der Waals surface area contributed by atoms with Crippen molar-refractivity contribution in [3.05, 3.63) is 62.4 Å². The predicted octanol–water partition coefficient (Wildman–Crippen LogP) is 3.75. The molecule has 1 aliphatic carbocycles. The maximum absolute atomic E-state index is 12.8. The molecular weight excluding hydrogens is 346 g/mol. The van der Waals surface area contributed by atoms with Crippen molar-refractivity contribution >= 4 is 17.7 Å². The molecule has 2 aromatic rings. The highest BCUT2D eigenvalue weighted by atomic mass is 32.2. The molecule has 0 saturated heterocycles. The van der Waals surface area contributed by atoms with Crippen molar-refractivity contribution in [2.75, 3.05) is 12.9 Å². The number of fused-ring (bicyclic) bond motifs is 1. The minimum atomic E-state index is -0.500. The van der Waals surface area contributed by atoms with Crippen molar-refractivity contribution in [3.8, 4) is 0 Å². The molecule has 1 aromatic heterocycles. The number of nitrogens with zero attached hydrogens (tertiary/aromatic N) is 1. The maximum Gasteiger partial charge on any atom is 0.329 e. The van der Waals surface area contributed by atoms with Gasteiger partial charge in [-0.2, -0.15) is 0 Å². The summed E-state index contributed by atoms with van der Waals surface area (Å²) >= 11 is 1.62. The molecular formula is C21H23NO3S. The highest BCUT2D eigenvalue weighted by Gasteiger charge is 2.38.